The van der Waals surface area contributed by atoms with Crippen molar-refractivity contribution in [2.24, 2.45) is 0 Å². The Balaban J connectivity index is 1.98. The molecule has 3 rings (SSSR count). The van der Waals surface area contributed by atoms with Crippen LogP contribution in [0, 0.1) is 20.8 Å². The molecule has 1 aromatic heterocycles. The average molecular weight is 273 g/mol. The summed E-state index contributed by atoms with van der Waals surface area (Å²) in [5, 5.41) is 0. The summed E-state index contributed by atoms with van der Waals surface area (Å²) in [5.41, 5.74) is 8.60. The van der Waals surface area contributed by atoms with Gasteiger partial charge in [-0.3, -0.25) is 4.98 Å². The van der Waals surface area contributed by atoms with E-state index in [4.69, 9.17) is 0 Å². The van der Waals surface area contributed by atoms with Gasteiger partial charge in [-0.15, -0.1) is 0 Å². The van der Waals surface area contributed by atoms with Gasteiger partial charge in [0.15, 0.2) is 0 Å². The predicted molar refractivity (Wildman–Crippen MR) is 89.3 cm³/mol. The van der Waals surface area contributed by atoms with Crippen LogP contribution in [-0.2, 0) is 0 Å². The number of hydrogen-bond donors (Lipinski definition) is 0. The lowest BCUT2D eigenvalue weighted by Gasteiger charge is -2.09. The van der Waals surface area contributed by atoms with Crippen LogP contribution in [0.3, 0.4) is 0 Å². The minimum Gasteiger partial charge on any atom is -0.256 e. The number of pyridine rings is 1. The van der Waals surface area contributed by atoms with E-state index < -0.39 is 0 Å². The third-order valence-corrected chi connectivity index (χ3v) is 4.09. The number of hydrogen-bond acceptors (Lipinski definition) is 1. The molecule has 0 aliphatic carbocycles. The number of rotatable bonds is 2. The highest BCUT2D eigenvalue weighted by Crippen LogP contribution is 2.26. The number of aromatic nitrogens is 1. The Morgan fingerprint density at radius 2 is 1.33 bits per heavy atom. The van der Waals surface area contributed by atoms with E-state index in [-0.39, 0.29) is 0 Å². The fourth-order valence-electron chi connectivity index (χ4n) is 2.55. The van der Waals surface area contributed by atoms with Crippen molar-refractivity contribution >= 4 is 0 Å². The smallest absolute Gasteiger partial charge is 0.0702 e. The molecule has 0 atom stereocenters. The summed E-state index contributed by atoms with van der Waals surface area (Å²) < 4.78 is 0. The summed E-state index contributed by atoms with van der Waals surface area (Å²) in [7, 11) is 0. The van der Waals surface area contributed by atoms with E-state index in [2.05, 4.69) is 62.2 Å². The lowest BCUT2D eigenvalue weighted by Crippen LogP contribution is -1.90. The summed E-state index contributed by atoms with van der Waals surface area (Å²) in [6, 6.07) is 19.0. The predicted octanol–water partition coefficient (Wildman–Crippen LogP) is 5.34. The van der Waals surface area contributed by atoms with E-state index in [0.29, 0.717) is 0 Å². The van der Waals surface area contributed by atoms with E-state index in [1.54, 1.807) is 0 Å². The topological polar surface area (TPSA) is 12.9 Å². The molecular formula is C20H19N. The molecule has 21 heavy (non-hydrogen) atoms. The van der Waals surface area contributed by atoms with Gasteiger partial charge in [0.25, 0.3) is 0 Å². The minimum absolute atomic E-state index is 1.01. The Morgan fingerprint density at radius 1 is 0.667 bits per heavy atom. The van der Waals surface area contributed by atoms with Crippen LogP contribution in [0.1, 0.15) is 16.7 Å². The van der Waals surface area contributed by atoms with Crippen molar-refractivity contribution in [3.8, 4) is 22.4 Å². The van der Waals surface area contributed by atoms with Crippen LogP contribution >= 0.6 is 0 Å². The van der Waals surface area contributed by atoms with Crippen molar-refractivity contribution in [2.75, 3.05) is 0 Å². The summed E-state index contributed by atoms with van der Waals surface area (Å²) in [4.78, 5) is 4.61. The molecule has 2 aromatic carbocycles. The van der Waals surface area contributed by atoms with E-state index >= 15 is 0 Å². The maximum atomic E-state index is 4.61. The largest absolute Gasteiger partial charge is 0.256 e. The number of benzene rings is 2. The molecule has 1 heteroatoms. The van der Waals surface area contributed by atoms with Crippen LogP contribution in [0.2, 0.25) is 0 Å². The van der Waals surface area contributed by atoms with Crippen LogP contribution in [0.25, 0.3) is 22.4 Å². The summed E-state index contributed by atoms with van der Waals surface area (Å²) in [6.45, 7) is 6.50. The molecule has 0 amide bonds. The zero-order valence-electron chi connectivity index (χ0n) is 12.7. The quantitative estimate of drug-likeness (QED) is 0.614. The van der Waals surface area contributed by atoms with Gasteiger partial charge in [0.05, 0.1) is 5.69 Å². The van der Waals surface area contributed by atoms with Crippen molar-refractivity contribution in [1.82, 2.24) is 4.98 Å². The van der Waals surface area contributed by atoms with Gasteiger partial charge in [0, 0.05) is 17.3 Å². The van der Waals surface area contributed by atoms with Crippen LogP contribution in [0.15, 0.2) is 60.8 Å². The Labute approximate surface area is 126 Å². The van der Waals surface area contributed by atoms with Gasteiger partial charge < -0.3 is 0 Å². The lowest BCUT2D eigenvalue weighted by atomic mass is 9.97. The number of aryl methyl sites for hydroxylation is 2. The second-order valence-electron chi connectivity index (χ2n) is 5.53. The molecule has 0 fully saturated rings. The van der Waals surface area contributed by atoms with Gasteiger partial charge in [0.2, 0.25) is 0 Å². The molecule has 0 saturated heterocycles. The van der Waals surface area contributed by atoms with Crippen LogP contribution in [0.4, 0.5) is 0 Å². The molecule has 1 heterocycles. The summed E-state index contributed by atoms with van der Waals surface area (Å²) in [6.07, 6.45) is 1.96. The molecule has 3 aromatic rings. The molecule has 104 valence electrons. The molecule has 1 nitrogen and oxygen atoms in total. The molecule has 0 aliphatic rings. The van der Waals surface area contributed by atoms with E-state index in [0.717, 1.165) is 11.3 Å². The Morgan fingerprint density at radius 3 is 1.90 bits per heavy atom. The molecule has 0 saturated carbocycles. The summed E-state index contributed by atoms with van der Waals surface area (Å²) >= 11 is 0. The molecular weight excluding hydrogens is 254 g/mol. The fourth-order valence-corrected chi connectivity index (χ4v) is 2.55. The van der Waals surface area contributed by atoms with E-state index in [9.17, 15) is 0 Å². The zero-order chi connectivity index (χ0) is 14.8. The van der Waals surface area contributed by atoms with Gasteiger partial charge in [-0.05, 0) is 49.1 Å². The first-order chi connectivity index (χ1) is 10.1. The first-order valence-electron chi connectivity index (χ1n) is 7.25. The van der Waals surface area contributed by atoms with Crippen molar-refractivity contribution < 1.29 is 0 Å². The zero-order valence-corrected chi connectivity index (χ0v) is 12.7. The molecule has 0 spiro atoms. The van der Waals surface area contributed by atoms with Gasteiger partial charge in [-0.25, -0.2) is 0 Å². The van der Waals surface area contributed by atoms with Crippen molar-refractivity contribution in [1.29, 1.82) is 0 Å². The van der Waals surface area contributed by atoms with E-state index in [1.165, 1.54) is 27.8 Å². The van der Waals surface area contributed by atoms with Crippen LogP contribution in [-0.4, -0.2) is 4.98 Å². The maximum Gasteiger partial charge on any atom is 0.0702 e. The maximum absolute atomic E-state index is 4.61. The number of nitrogens with zero attached hydrogens (tertiary/aromatic N) is 1. The highest BCUT2D eigenvalue weighted by molar-refractivity contribution is 5.68. The van der Waals surface area contributed by atoms with Crippen molar-refractivity contribution in [3.63, 3.8) is 0 Å². The van der Waals surface area contributed by atoms with E-state index in [1.807, 2.05) is 24.4 Å². The molecule has 0 aliphatic heterocycles. The van der Waals surface area contributed by atoms with Gasteiger partial charge in [-0.1, -0.05) is 48.5 Å². The second-order valence-corrected chi connectivity index (χ2v) is 5.53. The van der Waals surface area contributed by atoms with Crippen molar-refractivity contribution in [3.05, 3.63) is 77.5 Å². The minimum atomic E-state index is 1.01. The lowest BCUT2D eigenvalue weighted by molar-refractivity contribution is 1.26. The Hall–Kier alpha value is -2.41. The Bertz CT molecular complexity index is 733. The van der Waals surface area contributed by atoms with Gasteiger partial charge in [-0.2, -0.15) is 0 Å². The molecule has 0 unspecified atom stereocenters. The average Bonchev–Trinajstić information content (AvgIpc) is 2.53. The van der Waals surface area contributed by atoms with Gasteiger partial charge >= 0.3 is 0 Å². The molecule has 0 bridgehead atoms. The normalized spacial score (nSPS) is 10.6. The van der Waals surface area contributed by atoms with Crippen LogP contribution in [0.5, 0.6) is 0 Å². The highest BCUT2D eigenvalue weighted by Gasteiger charge is 2.05. The first-order valence-corrected chi connectivity index (χ1v) is 7.25. The van der Waals surface area contributed by atoms with Crippen LogP contribution < -0.4 is 0 Å². The third kappa shape index (κ3) is 2.73. The highest BCUT2D eigenvalue weighted by atomic mass is 14.7. The fraction of sp³-hybridized carbons (Fsp3) is 0.150. The first kappa shape index (κ1) is 13.6. The molecule has 0 radical (unpaired) electrons. The summed E-state index contributed by atoms with van der Waals surface area (Å²) in [5.74, 6) is 0. The van der Waals surface area contributed by atoms with Crippen molar-refractivity contribution in [2.45, 2.75) is 20.8 Å². The van der Waals surface area contributed by atoms with Gasteiger partial charge in [0.1, 0.15) is 0 Å². The Kier molecular flexibility index (Phi) is 3.57. The second kappa shape index (κ2) is 5.53. The SMILES string of the molecule is Cc1cc(-c2ccc(-c3ccccc3)nc2)cc(C)c1C. The molecule has 0 N–H and O–H groups in total. The third-order valence-electron chi connectivity index (χ3n) is 4.09. The monoisotopic (exact) mass is 273 g/mol. The standard InChI is InChI=1S/C20H19N/c1-14-11-19(12-15(2)16(14)3)18-9-10-20(21-13-18)17-7-5-4-6-8-17/h4-13H,1-3H3.